The zero-order valence-electron chi connectivity index (χ0n) is 19.0. The fraction of sp³-hybridized carbons (Fsp3) is 0.444. The first kappa shape index (κ1) is 22.1. The molecular formula is C27H31N3O2S. The monoisotopic (exact) mass is 461 g/mol. The van der Waals surface area contributed by atoms with Crippen molar-refractivity contribution >= 4 is 33.4 Å². The van der Waals surface area contributed by atoms with Gasteiger partial charge in [0.2, 0.25) is 11.8 Å². The number of hydrogen-bond donors (Lipinski definition) is 1. The van der Waals surface area contributed by atoms with Gasteiger partial charge in [0.15, 0.2) is 0 Å². The number of likely N-dealkylation sites (tertiary alicyclic amines) is 1. The number of carbonyl (C=O) groups is 2. The molecule has 33 heavy (non-hydrogen) atoms. The Hall–Kier alpha value is -2.73. The molecule has 0 radical (unpaired) electrons. The Bertz CT molecular complexity index is 1080. The number of hydrogen-bond acceptors (Lipinski definition) is 4. The van der Waals surface area contributed by atoms with Gasteiger partial charge < -0.3 is 10.2 Å². The maximum atomic E-state index is 13.7. The van der Waals surface area contributed by atoms with Crippen molar-refractivity contribution in [2.75, 3.05) is 13.1 Å². The summed E-state index contributed by atoms with van der Waals surface area (Å²) in [6.07, 6.45) is 6.32. The van der Waals surface area contributed by atoms with Crippen molar-refractivity contribution in [1.82, 2.24) is 15.2 Å². The van der Waals surface area contributed by atoms with Gasteiger partial charge >= 0.3 is 0 Å². The highest BCUT2D eigenvalue weighted by atomic mass is 32.1. The Morgan fingerprint density at radius 1 is 1.00 bits per heavy atom. The normalized spacial score (nSPS) is 18.5. The van der Waals surface area contributed by atoms with Crippen LogP contribution < -0.4 is 5.32 Å². The fourth-order valence-corrected chi connectivity index (χ4v) is 6.52. The van der Waals surface area contributed by atoms with Crippen LogP contribution in [0.4, 0.5) is 0 Å². The highest BCUT2D eigenvalue weighted by molar-refractivity contribution is 7.18. The molecule has 0 atom stereocenters. The summed E-state index contributed by atoms with van der Waals surface area (Å²) in [5.74, 6) is 0.375. The number of para-hydroxylation sites is 1. The van der Waals surface area contributed by atoms with Crippen LogP contribution in [0.1, 0.15) is 49.1 Å². The summed E-state index contributed by atoms with van der Waals surface area (Å²) in [5.41, 5.74) is 1.81. The van der Waals surface area contributed by atoms with Crippen LogP contribution in [0.5, 0.6) is 0 Å². The van der Waals surface area contributed by atoms with E-state index in [2.05, 4.69) is 11.4 Å². The van der Waals surface area contributed by atoms with Crippen molar-refractivity contribution in [1.29, 1.82) is 0 Å². The van der Waals surface area contributed by atoms with Crippen LogP contribution >= 0.6 is 11.3 Å². The summed E-state index contributed by atoms with van der Waals surface area (Å²) < 4.78 is 1.19. The smallest absolute Gasteiger partial charge is 0.229 e. The molecule has 1 N–H and O–H groups in total. The number of aromatic nitrogens is 1. The number of piperidine rings is 1. The molecule has 2 fully saturated rings. The van der Waals surface area contributed by atoms with E-state index in [4.69, 9.17) is 4.98 Å². The lowest BCUT2D eigenvalue weighted by Gasteiger charge is -2.38. The van der Waals surface area contributed by atoms with Crippen molar-refractivity contribution in [2.45, 2.75) is 51.5 Å². The number of carbonyl (C=O) groups excluding carboxylic acids is 2. The summed E-state index contributed by atoms with van der Waals surface area (Å²) in [7, 11) is 0. The molecule has 0 bridgehead atoms. The van der Waals surface area contributed by atoms with Crippen LogP contribution in [0.15, 0.2) is 54.6 Å². The Labute approximate surface area is 199 Å². The number of nitrogens with zero attached hydrogens (tertiary/aromatic N) is 2. The van der Waals surface area contributed by atoms with Crippen molar-refractivity contribution in [3.05, 3.63) is 65.2 Å². The summed E-state index contributed by atoms with van der Waals surface area (Å²) in [5, 5.41) is 4.14. The largest absolute Gasteiger partial charge is 0.352 e. The Morgan fingerprint density at radius 2 is 1.70 bits per heavy atom. The lowest BCUT2D eigenvalue weighted by molar-refractivity contribution is -0.145. The Morgan fingerprint density at radius 3 is 2.42 bits per heavy atom. The second kappa shape index (κ2) is 9.64. The second-order valence-electron chi connectivity index (χ2n) is 9.51. The van der Waals surface area contributed by atoms with Crippen molar-refractivity contribution in [3.63, 3.8) is 0 Å². The molecule has 1 aliphatic carbocycles. The number of fused-ring (bicyclic) bond motifs is 1. The SMILES string of the molecule is O=C(NCc1ccccc1)C1CCN(C(=O)C2(Cc3nc4ccccc4s3)CCCC2)CC1. The van der Waals surface area contributed by atoms with Gasteiger partial charge in [-0.1, -0.05) is 55.3 Å². The van der Waals surface area contributed by atoms with Crippen LogP contribution in [0.2, 0.25) is 0 Å². The van der Waals surface area contributed by atoms with Crippen LogP contribution in [0.25, 0.3) is 10.2 Å². The molecule has 1 saturated carbocycles. The lowest BCUT2D eigenvalue weighted by atomic mass is 9.80. The molecule has 2 amide bonds. The van der Waals surface area contributed by atoms with Crippen LogP contribution in [0.3, 0.4) is 0 Å². The van der Waals surface area contributed by atoms with E-state index in [0.717, 1.165) is 61.0 Å². The van der Waals surface area contributed by atoms with E-state index in [1.165, 1.54) is 4.70 Å². The number of amides is 2. The molecule has 0 unspecified atom stereocenters. The number of rotatable bonds is 6. The first-order valence-electron chi connectivity index (χ1n) is 12.1. The highest BCUT2D eigenvalue weighted by Crippen LogP contribution is 2.44. The third-order valence-electron chi connectivity index (χ3n) is 7.30. The van der Waals surface area contributed by atoms with Crippen LogP contribution in [-0.2, 0) is 22.6 Å². The molecule has 2 aromatic carbocycles. The van der Waals surface area contributed by atoms with Gasteiger partial charge in [0, 0.05) is 32.0 Å². The summed E-state index contributed by atoms with van der Waals surface area (Å²) in [4.78, 5) is 33.3. The predicted octanol–water partition coefficient (Wildman–Crippen LogP) is 4.95. The van der Waals surface area contributed by atoms with Crippen molar-refractivity contribution < 1.29 is 9.59 Å². The summed E-state index contributed by atoms with van der Waals surface area (Å²) in [6, 6.07) is 18.2. The van der Waals surface area contributed by atoms with Gasteiger partial charge in [-0.2, -0.15) is 0 Å². The average Bonchev–Trinajstić information content (AvgIpc) is 3.50. The van der Waals surface area contributed by atoms with E-state index < -0.39 is 0 Å². The minimum Gasteiger partial charge on any atom is -0.352 e. The maximum absolute atomic E-state index is 13.7. The first-order chi connectivity index (χ1) is 16.1. The third-order valence-corrected chi connectivity index (χ3v) is 8.34. The van der Waals surface area contributed by atoms with Gasteiger partial charge in [0.25, 0.3) is 0 Å². The Balaban J connectivity index is 1.20. The molecule has 172 valence electrons. The van der Waals surface area contributed by atoms with Crippen molar-refractivity contribution in [3.8, 4) is 0 Å². The third kappa shape index (κ3) is 4.81. The van der Waals surface area contributed by atoms with Gasteiger partial charge in [0.05, 0.1) is 20.6 Å². The van der Waals surface area contributed by atoms with E-state index in [1.54, 1.807) is 11.3 Å². The molecule has 6 heteroatoms. The fourth-order valence-electron chi connectivity index (χ4n) is 5.41. The van der Waals surface area contributed by atoms with Gasteiger partial charge in [-0.25, -0.2) is 4.98 Å². The molecule has 2 heterocycles. The number of nitrogens with one attached hydrogen (secondary N) is 1. The average molecular weight is 462 g/mol. The summed E-state index contributed by atoms with van der Waals surface area (Å²) in [6.45, 7) is 1.90. The van der Waals surface area contributed by atoms with Crippen LogP contribution in [-0.4, -0.2) is 34.8 Å². The minimum absolute atomic E-state index is 0.0125. The predicted molar refractivity (Wildman–Crippen MR) is 132 cm³/mol. The van der Waals surface area contributed by atoms with Crippen LogP contribution in [0, 0.1) is 11.3 Å². The molecule has 0 spiro atoms. The molecule has 3 aromatic rings. The van der Waals surface area contributed by atoms with E-state index in [1.807, 2.05) is 53.4 Å². The molecule has 1 aromatic heterocycles. The zero-order chi connectivity index (χ0) is 22.7. The van der Waals surface area contributed by atoms with E-state index in [0.29, 0.717) is 19.6 Å². The van der Waals surface area contributed by atoms with Crippen molar-refractivity contribution in [2.24, 2.45) is 11.3 Å². The van der Waals surface area contributed by atoms with E-state index in [-0.39, 0.29) is 23.1 Å². The second-order valence-corrected chi connectivity index (χ2v) is 10.6. The molecular weight excluding hydrogens is 430 g/mol. The topological polar surface area (TPSA) is 62.3 Å². The number of thiazole rings is 1. The van der Waals surface area contributed by atoms with Gasteiger partial charge in [-0.15, -0.1) is 11.3 Å². The maximum Gasteiger partial charge on any atom is 0.229 e. The van der Waals surface area contributed by atoms with E-state index in [9.17, 15) is 9.59 Å². The zero-order valence-corrected chi connectivity index (χ0v) is 19.8. The molecule has 1 aliphatic heterocycles. The molecule has 5 nitrogen and oxygen atoms in total. The molecule has 2 aliphatic rings. The Kier molecular flexibility index (Phi) is 6.45. The van der Waals surface area contributed by atoms with E-state index >= 15 is 0 Å². The minimum atomic E-state index is -0.323. The number of benzene rings is 2. The van der Waals surface area contributed by atoms with Gasteiger partial charge in [-0.3, -0.25) is 9.59 Å². The molecule has 5 rings (SSSR count). The highest BCUT2D eigenvalue weighted by Gasteiger charge is 2.45. The van der Waals surface area contributed by atoms with Gasteiger partial charge in [0.1, 0.15) is 0 Å². The lowest BCUT2D eigenvalue weighted by Crippen LogP contribution is -2.49. The molecule has 1 saturated heterocycles. The summed E-state index contributed by atoms with van der Waals surface area (Å²) >= 11 is 1.72. The quantitative estimate of drug-likeness (QED) is 0.565. The first-order valence-corrected chi connectivity index (χ1v) is 12.9. The van der Waals surface area contributed by atoms with Gasteiger partial charge in [-0.05, 0) is 43.4 Å². The standard InChI is InChI=1S/C27H31N3O2S/c31-25(28-19-20-8-2-1-3-9-20)21-12-16-30(17-13-21)26(32)27(14-6-7-15-27)18-24-29-22-10-4-5-11-23(22)33-24/h1-5,8-11,21H,6-7,12-19H2,(H,28,31).